The van der Waals surface area contributed by atoms with Crippen LogP contribution >= 0.6 is 0 Å². The third kappa shape index (κ3) is 1.66. The molecule has 0 saturated heterocycles. The standard InChI is InChI=1S/C7H11NO/c8-7(9)6-4-2-1-3-5-6/h1-4,6-7,9H,5,8H2. The van der Waals surface area contributed by atoms with E-state index < -0.39 is 6.23 Å². The molecular formula is C7H11NO. The molecule has 3 N–H and O–H groups in total. The first-order valence-electron chi connectivity index (χ1n) is 3.07. The van der Waals surface area contributed by atoms with Gasteiger partial charge in [0.05, 0.1) is 0 Å². The van der Waals surface area contributed by atoms with Crippen molar-refractivity contribution in [3.05, 3.63) is 24.3 Å². The highest BCUT2D eigenvalue weighted by atomic mass is 16.3. The molecule has 50 valence electrons. The van der Waals surface area contributed by atoms with Crippen LogP contribution in [0.5, 0.6) is 0 Å². The second-order valence-electron chi connectivity index (χ2n) is 2.20. The summed E-state index contributed by atoms with van der Waals surface area (Å²) in [6.07, 6.45) is 7.94. The lowest BCUT2D eigenvalue weighted by Gasteiger charge is -2.14. The van der Waals surface area contributed by atoms with Crippen LogP contribution in [0.4, 0.5) is 0 Å². The average molecular weight is 125 g/mol. The van der Waals surface area contributed by atoms with Gasteiger partial charge in [0.1, 0.15) is 6.23 Å². The maximum Gasteiger partial charge on any atom is 0.109 e. The summed E-state index contributed by atoms with van der Waals surface area (Å²) in [6, 6.07) is 0. The van der Waals surface area contributed by atoms with Crippen LogP contribution in [0.1, 0.15) is 6.42 Å². The molecule has 0 aromatic rings. The van der Waals surface area contributed by atoms with E-state index in [1.54, 1.807) is 0 Å². The van der Waals surface area contributed by atoms with Gasteiger partial charge in [-0.25, -0.2) is 0 Å². The zero-order chi connectivity index (χ0) is 6.69. The third-order valence-electron chi connectivity index (χ3n) is 1.45. The molecule has 0 heterocycles. The lowest BCUT2D eigenvalue weighted by Crippen LogP contribution is -2.28. The van der Waals surface area contributed by atoms with Crippen molar-refractivity contribution in [2.24, 2.45) is 11.7 Å². The van der Waals surface area contributed by atoms with Crippen molar-refractivity contribution in [1.82, 2.24) is 0 Å². The van der Waals surface area contributed by atoms with Gasteiger partial charge in [-0.05, 0) is 6.42 Å². The van der Waals surface area contributed by atoms with E-state index in [0.717, 1.165) is 6.42 Å². The van der Waals surface area contributed by atoms with Crippen LogP contribution < -0.4 is 5.73 Å². The van der Waals surface area contributed by atoms with Crippen molar-refractivity contribution < 1.29 is 5.11 Å². The molecule has 0 bridgehead atoms. The largest absolute Gasteiger partial charge is 0.378 e. The molecule has 0 spiro atoms. The molecule has 1 rings (SSSR count). The molecule has 2 unspecified atom stereocenters. The number of hydrogen-bond donors (Lipinski definition) is 2. The van der Waals surface area contributed by atoms with Gasteiger partial charge in [0.25, 0.3) is 0 Å². The topological polar surface area (TPSA) is 46.2 Å². The van der Waals surface area contributed by atoms with E-state index in [-0.39, 0.29) is 5.92 Å². The number of aliphatic hydroxyl groups is 1. The summed E-state index contributed by atoms with van der Waals surface area (Å²) < 4.78 is 0. The van der Waals surface area contributed by atoms with Gasteiger partial charge >= 0.3 is 0 Å². The van der Waals surface area contributed by atoms with E-state index in [1.165, 1.54) is 0 Å². The van der Waals surface area contributed by atoms with Crippen molar-refractivity contribution in [2.45, 2.75) is 12.6 Å². The summed E-state index contributed by atoms with van der Waals surface area (Å²) in [6.45, 7) is 0. The molecule has 0 aromatic carbocycles. The SMILES string of the molecule is NC(O)C1C=CC=CC1. The van der Waals surface area contributed by atoms with Gasteiger partial charge in [0, 0.05) is 5.92 Å². The number of allylic oxidation sites excluding steroid dienone is 3. The molecule has 0 saturated carbocycles. The molecule has 0 aliphatic heterocycles. The molecular weight excluding hydrogens is 114 g/mol. The second-order valence-corrected chi connectivity index (χ2v) is 2.20. The quantitative estimate of drug-likeness (QED) is 0.498. The molecule has 0 radical (unpaired) electrons. The summed E-state index contributed by atoms with van der Waals surface area (Å²) >= 11 is 0. The van der Waals surface area contributed by atoms with Crippen molar-refractivity contribution in [1.29, 1.82) is 0 Å². The summed E-state index contributed by atoms with van der Waals surface area (Å²) in [5.41, 5.74) is 5.24. The van der Waals surface area contributed by atoms with Crippen LogP contribution in [0.25, 0.3) is 0 Å². The Hall–Kier alpha value is -0.600. The lowest BCUT2D eigenvalue weighted by molar-refractivity contribution is 0.137. The summed E-state index contributed by atoms with van der Waals surface area (Å²) in [4.78, 5) is 0. The Morgan fingerprint density at radius 1 is 1.56 bits per heavy atom. The van der Waals surface area contributed by atoms with Gasteiger partial charge in [-0.1, -0.05) is 24.3 Å². The molecule has 2 atom stereocenters. The van der Waals surface area contributed by atoms with Crippen LogP contribution in [0.2, 0.25) is 0 Å². The van der Waals surface area contributed by atoms with E-state index in [4.69, 9.17) is 10.8 Å². The summed E-state index contributed by atoms with van der Waals surface area (Å²) in [5, 5.41) is 8.87. The minimum Gasteiger partial charge on any atom is -0.378 e. The molecule has 0 fully saturated rings. The van der Waals surface area contributed by atoms with Crippen molar-refractivity contribution in [3.8, 4) is 0 Å². The van der Waals surface area contributed by atoms with E-state index in [9.17, 15) is 0 Å². The van der Waals surface area contributed by atoms with Gasteiger partial charge < -0.3 is 10.8 Å². The highest BCUT2D eigenvalue weighted by Gasteiger charge is 2.10. The number of nitrogens with two attached hydrogens (primary N) is 1. The first-order valence-corrected chi connectivity index (χ1v) is 3.07. The Balaban J connectivity index is 2.46. The Kier molecular flexibility index (Phi) is 2.03. The first kappa shape index (κ1) is 6.52. The first-order chi connectivity index (χ1) is 4.30. The van der Waals surface area contributed by atoms with E-state index in [1.807, 2.05) is 24.3 Å². The smallest absolute Gasteiger partial charge is 0.109 e. The molecule has 0 amide bonds. The van der Waals surface area contributed by atoms with Gasteiger partial charge in [-0.2, -0.15) is 0 Å². The predicted molar refractivity (Wildman–Crippen MR) is 36.6 cm³/mol. The second kappa shape index (κ2) is 2.80. The van der Waals surface area contributed by atoms with E-state index >= 15 is 0 Å². The fraction of sp³-hybridized carbons (Fsp3) is 0.429. The maximum atomic E-state index is 8.87. The number of aliphatic hydroxyl groups excluding tert-OH is 1. The minimum absolute atomic E-state index is 0.120. The van der Waals surface area contributed by atoms with Crippen LogP contribution in [0.3, 0.4) is 0 Å². The molecule has 9 heavy (non-hydrogen) atoms. The molecule has 2 nitrogen and oxygen atoms in total. The Bertz CT molecular complexity index is 138. The normalized spacial score (nSPS) is 28.4. The molecule has 0 aromatic heterocycles. The van der Waals surface area contributed by atoms with Crippen LogP contribution in [0, 0.1) is 5.92 Å². The van der Waals surface area contributed by atoms with Crippen LogP contribution in [-0.2, 0) is 0 Å². The van der Waals surface area contributed by atoms with Crippen LogP contribution in [-0.4, -0.2) is 11.3 Å². The maximum absolute atomic E-state index is 8.87. The highest BCUT2D eigenvalue weighted by Crippen LogP contribution is 2.12. The Labute approximate surface area is 54.7 Å². The Morgan fingerprint density at radius 3 is 2.67 bits per heavy atom. The Morgan fingerprint density at radius 2 is 2.33 bits per heavy atom. The highest BCUT2D eigenvalue weighted by molar-refractivity contribution is 5.11. The fourth-order valence-electron chi connectivity index (χ4n) is 0.853. The zero-order valence-electron chi connectivity index (χ0n) is 5.20. The summed E-state index contributed by atoms with van der Waals surface area (Å²) in [7, 11) is 0. The average Bonchev–Trinajstić information content (AvgIpc) is 1.90. The fourth-order valence-corrected chi connectivity index (χ4v) is 0.853. The lowest BCUT2D eigenvalue weighted by atomic mass is 10.00. The number of hydrogen-bond acceptors (Lipinski definition) is 2. The van der Waals surface area contributed by atoms with Gasteiger partial charge in [0.2, 0.25) is 0 Å². The van der Waals surface area contributed by atoms with E-state index in [2.05, 4.69) is 0 Å². The van der Waals surface area contributed by atoms with Crippen LogP contribution in [0.15, 0.2) is 24.3 Å². The monoisotopic (exact) mass is 125 g/mol. The molecule has 2 heteroatoms. The van der Waals surface area contributed by atoms with Crippen molar-refractivity contribution in [2.75, 3.05) is 0 Å². The molecule has 1 aliphatic carbocycles. The number of rotatable bonds is 1. The van der Waals surface area contributed by atoms with Gasteiger partial charge in [-0.3, -0.25) is 0 Å². The molecule has 1 aliphatic rings. The minimum atomic E-state index is -0.703. The zero-order valence-corrected chi connectivity index (χ0v) is 5.20. The predicted octanol–water partition coefficient (Wildman–Crippen LogP) is 0.396. The third-order valence-corrected chi connectivity index (χ3v) is 1.45. The van der Waals surface area contributed by atoms with Crippen molar-refractivity contribution in [3.63, 3.8) is 0 Å². The van der Waals surface area contributed by atoms with E-state index in [0.29, 0.717) is 0 Å². The van der Waals surface area contributed by atoms with Gasteiger partial charge in [-0.15, -0.1) is 0 Å². The van der Waals surface area contributed by atoms with Gasteiger partial charge in [0.15, 0.2) is 0 Å². The summed E-state index contributed by atoms with van der Waals surface area (Å²) in [5.74, 6) is 0.120. The van der Waals surface area contributed by atoms with Crippen molar-refractivity contribution >= 4 is 0 Å².